The number of rotatable bonds is 8. The number of nitrogens with zero attached hydrogens (tertiary/aromatic N) is 1. The Morgan fingerprint density at radius 1 is 1.35 bits per heavy atom. The summed E-state index contributed by atoms with van der Waals surface area (Å²) in [7, 11) is 1.61. The minimum absolute atomic E-state index is 0.0918. The first-order valence-corrected chi connectivity index (χ1v) is 7.11. The van der Waals surface area contributed by atoms with Gasteiger partial charge in [-0.15, -0.1) is 0 Å². The molecule has 1 aromatic heterocycles. The van der Waals surface area contributed by atoms with Crippen molar-refractivity contribution in [1.82, 2.24) is 10.3 Å². The van der Waals surface area contributed by atoms with Crippen molar-refractivity contribution in [2.24, 2.45) is 0 Å². The predicted molar refractivity (Wildman–Crippen MR) is 81.3 cm³/mol. The number of methoxy groups -OCH3 is 1. The molecule has 1 aromatic rings. The highest BCUT2D eigenvalue weighted by Gasteiger charge is 2.11. The highest BCUT2D eigenvalue weighted by atomic mass is 16.5. The first-order valence-electron chi connectivity index (χ1n) is 7.11. The molecule has 112 valence electrons. The lowest BCUT2D eigenvalue weighted by Gasteiger charge is -2.12. The van der Waals surface area contributed by atoms with E-state index in [1.165, 1.54) is 0 Å². The van der Waals surface area contributed by atoms with Gasteiger partial charge in [-0.05, 0) is 24.5 Å². The molecule has 0 saturated heterocycles. The van der Waals surface area contributed by atoms with Crippen LogP contribution >= 0.6 is 0 Å². The number of amides is 1. The molecule has 0 aromatic carbocycles. The molecule has 0 radical (unpaired) electrons. The van der Waals surface area contributed by atoms with Gasteiger partial charge in [0.25, 0.3) is 5.91 Å². The maximum absolute atomic E-state index is 12.1. The Kier molecular flexibility index (Phi) is 7.01. The number of carbonyl (C=O) groups is 1. The molecular weight excluding hydrogens is 254 g/mol. The average molecular weight is 279 g/mol. The summed E-state index contributed by atoms with van der Waals surface area (Å²) in [5.41, 5.74) is 1.56. The summed E-state index contributed by atoms with van der Waals surface area (Å²) in [6.07, 6.45) is 1.02. The van der Waals surface area contributed by atoms with Crippen molar-refractivity contribution in [3.8, 4) is 0 Å². The molecule has 0 aliphatic heterocycles. The van der Waals surface area contributed by atoms with Crippen LogP contribution in [0.5, 0.6) is 0 Å². The Morgan fingerprint density at radius 3 is 2.70 bits per heavy atom. The lowest BCUT2D eigenvalue weighted by atomic mass is 10.1. The summed E-state index contributed by atoms with van der Waals surface area (Å²) in [4.78, 5) is 16.6. The van der Waals surface area contributed by atoms with Crippen molar-refractivity contribution in [3.05, 3.63) is 23.4 Å². The van der Waals surface area contributed by atoms with E-state index < -0.39 is 0 Å². The van der Waals surface area contributed by atoms with Crippen LogP contribution in [0.3, 0.4) is 0 Å². The van der Waals surface area contributed by atoms with Gasteiger partial charge < -0.3 is 15.4 Å². The highest BCUT2D eigenvalue weighted by Crippen LogP contribution is 2.17. The average Bonchev–Trinajstić information content (AvgIpc) is 2.44. The van der Waals surface area contributed by atoms with Crippen LogP contribution in [0.25, 0.3) is 0 Å². The summed E-state index contributed by atoms with van der Waals surface area (Å²) in [5.74, 6) is 0.949. The van der Waals surface area contributed by atoms with E-state index in [0.717, 1.165) is 24.5 Å². The van der Waals surface area contributed by atoms with Gasteiger partial charge >= 0.3 is 0 Å². The molecule has 0 bridgehead atoms. The summed E-state index contributed by atoms with van der Waals surface area (Å²) in [6, 6.07) is 3.65. The van der Waals surface area contributed by atoms with Crippen molar-refractivity contribution in [1.29, 1.82) is 0 Å². The minimum Gasteiger partial charge on any atom is -0.383 e. The molecule has 5 nitrogen and oxygen atoms in total. The largest absolute Gasteiger partial charge is 0.383 e. The Balaban J connectivity index is 2.87. The van der Waals surface area contributed by atoms with Gasteiger partial charge in [-0.3, -0.25) is 4.79 Å². The van der Waals surface area contributed by atoms with Gasteiger partial charge in [0.1, 0.15) is 5.82 Å². The lowest BCUT2D eigenvalue weighted by Crippen LogP contribution is -2.27. The zero-order chi connectivity index (χ0) is 15.0. The molecular formula is C15H25N3O2. The molecule has 1 amide bonds. The van der Waals surface area contributed by atoms with Crippen LogP contribution in [0.15, 0.2) is 12.1 Å². The van der Waals surface area contributed by atoms with E-state index >= 15 is 0 Å². The summed E-state index contributed by atoms with van der Waals surface area (Å²) >= 11 is 0. The number of pyridine rings is 1. The number of hydrogen-bond acceptors (Lipinski definition) is 4. The van der Waals surface area contributed by atoms with E-state index in [2.05, 4.69) is 36.4 Å². The molecule has 0 saturated carbocycles. The van der Waals surface area contributed by atoms with Gasteiger partial charge in [0.15, 0.2) is 0 Å². The Bertz CT molecular complexity index is 433. The number of ether oxygens (including phenoxy) is 1. The van der Waals surface area contributed by atoms with E-state index in [0.29, 0.717) is 18.7 Å². The monoisotopic (exact) mass is 279 g/mol. The first kappa shape index (κ1) is 16.4. The smallest absolute Gasteiger partial charge is 0.251 e. The van der Waals surface area contributed by atoms with E-state index in [1.807, 2.05) is 6.07 Å². The van der Waals surface area contributed by atoms with Crippen LogP contribution in [0.2, 0.25) is 0 Å². The van der Waals surface area contributed by atoms with Gasteiger partial charge in [0.2, 0.25) is 0 Å². The van der Waals surface area contributed by atoms with Gasteiger partial charge in [-0.1, -0.05) is 20.8 Å². The SMILES string of the molecule is CCCNc1cc(C(=O)NCCOC)cc(C(C)C)n1. The van der Waals surface area contributed by atoms with E-state index in [9.17, 15) is 4.79 Å². The van der Waals surface area contributed by atoms with Crippen molar-refractivity contribution in [2.45, 2.75) is 33.1 Å². The van der Waals surface area contributed by atoms with E-state index in [4.69, 9.17) is 4.74 Å². The molecule has 0 spiro atoms. The molecule has 5 heteroatoms. The van der Waals surface area contributed by atoms with Crippen LogP contribution in [-0.2, 0) is 4.74 Å². The molecule has 20 heavy (non-hydrogen) atoms. The lowest BCUT2D eigenvalue weighted by molar-refractivity contribution is 0.0937. The van der Waals surface area contributed by atoms with Crippen molar-refractivity contribution in [3.63, 3.8) is 0 Å². The fourth-order valence-electron chi connectivity index (χ4n) is 1.69. The van der Waals surface area contributed by atoms with Crippen molar-refractivity contribution >= 4 is 11.7 Å². The van der Waals surface area contributed by atoms with E-state index in [-0.39, 0.29) is 11.8 Å². The first-order chi connectivity index (χ1) is 9.58. The second kappa shape index (κ2) is 8.53. The Labute approximate surface area is 121 Å². The molecule has 2 N–H and O–H groups in total. The Morgan fingerprint density at radius 2 is 2.10 bits per heavy atom. The van der Waals surface area contributed by atoms with Crippen LogP contribution < -0.4 is 10.6 Å². The number of carbonyl (C=O) groups excluding carboxylic acids is 1. The van der Waals surface area contributed by atoms with Gasteiger partial charge in [0.05, 0.1) is 6.61 Å². The van der Waals surface area contributed by atoms with Crippen LogP contribution in [-0.4, -0.2) is 37.7 Å². The van der Waals surface area contributed by atoms with E-state index in [1.54, 1.807) is 13.2 Å². The maximum atomic E-state index is 12.1. The number of hydrogen-bond donors (Lipinski definition) is 2. The third kappa shape index (κ3) is 5.17. The number of anilines is 1. The summed E-state index contributed by atoms with van der Waals surface area (Å²) in [5, 5.41) is 6.07. The number of aromatic nitrogens is 1. The molecule has 1 rings (SSSR count). The third-order valence-corrected chi connectivity index (χ3v) is 2.85. The maximum Gasteiger partial charge on any atom is 0.251 e. The van der Waals surface area contributed by atoms with Gasteiger partial charge in [0, 0.05) is 31.5 Å². The zero-order valence-electron chi connectivity index (χ0n) is 12.8. The molecule has 0 aliphatic rings. The molecule has 1 heterocycles. The molecule has 0 fully saturated rings. The summed E-state index contributed by atoms with van der Waals surface area (Å²) in [6.45, 7) is 8.09. The topological polar surface area (TPSA) is 63.2 Å². The third-order valence-electron chi connectivity index (χ3n) is 2.85. The van der Waals surface area contributed by atoms with Gasteiger partial charge in [-0.25, -0.2) is 4.98 Å². The predicted octanol–water partition coefficient (Wildman–Crippen LogP) is 2.40. The van der Waals surface area contributed by atoms with Crippen LogP contribution in [0.1, 0.15) is 49.2 Å². The quantitative estimate of drug-likeness (QED) is 0.717. The highest BCUT2D eigenvalue weighted by molar-refractivity contribution is 5.95. The number of nitrogens with one attached hydrogen (secondary N) is 2. The van der Waals surface area contributed by atoms with Crippen LogP contribution in [0, 0.1) is 0 Å². The van der Waals surface area contributed by atoms with Crippen molar-refractivity contribution < 1.29 is 9.53 Å². The molecule has 0 atom stereocenters. The van der Waals surface area contributed by atoms with Crippen molar-refractivity contribution in [2.75, 3.05) is 32.1 Å². The zero-order valence-corrected chi connectivity index (χ0v) is 12.8. The Hall–Kier alpha value is -1.62. The molecule has 0 aliphatic carbocycles. The fraction of sp³-hybridized carbons (Fsp3) is 0.600. The summed E-state index contributed by atoms with van der Waals surface area (Å²) < 4.78 is 4.93. The normalized spacial score (nSPS) is 10.7. The second-order valence-corrected chi connectivity index (χ2v) is 5.00. The second-order valence-electron chi connectivity index (χ2n) is 5.00. The molecule has 0 unspecified atom stereocenters. The fourth-order valence-corrected chi connectivity index (χ4v) is 1.69. The van der Waals surface area contributed by atoms with Crippen LogP contribution in [0.4, 0.5) is 5.82 Å². The standard InChI is InChI=1S/C15H25N3O2/c1-5-6-16-14-10-12(9-13(18-14)11(2)3)15(19)17-7-8-20-4/h9-11H,5-8H2,1-4H3,(H,16,18)(H,17,19). The van der Waals surface area contributed by atoms with Gasteiger partial charge in [-0.2, -0.15) is 0 Å². The minimum atomic E-state index is -0.0918.